The fraction of sp³-hybridized carbons (Fsp3) is 0.409. The van der Waals surface area contributed by atoms with Crippen LogP contribution in [0, 0.1) is 0 Å². The van der Waals surface area contributed by atoms with Crippen LogP contribution in [0.5, 0.6) is 5.75 Å². The first-order valence-electron chi connectivity index (χ1n) is 9.37. The Bertz CT molecular complexity index is 677. The van der Waals surface area contributed by atoms with Crippen molar-refractivity contribution in [2.24, 2.45) is 0 Å². The van der Waals surface area contributed by atoms with E-state index >= 15 is 0 Å². The summed E-state index contributed by atoms with van der Waals surface area (Å²) in [5, 5.41) is 29.3. The van der Waals surface area contributed by atoms with Gasteiger partial charge in [0.15, 0.2) is 5.78 Å². The number of aliphatic hydroxyl groups is 3. The van der Waals surface area contributed by atoms with E-state index in [1.165, 1.54) is 12.2 Å². The zero-order valence-electron chi connectivity index (χ0n) is 15.5. The van der Waals surface area contributed by atoms with E-state index in [2.05, 4.69) is 0 Å². The van der Waals surface area contributed by atoms with Gasteiger partial charge in [0.2, 0.25) is 0 Å². The second-order valence-corrected chi connectivity index (χ2v) is 6.64. The summed E-state index contributed by atoms with van der Waals surface area (Å²) in [6, 6.07) is 9.55. The maximum Gasteiger partial charge on any atom is 0.184 e. The number of allylic oxidation sites excluding steroid dienone is 3. The fourth-order valence-electron chi connectivity index (χ4n) is 2.93. The molecule has 0 heterocycles. The van der Waals surface area contributed by atoms with Gasteiger partial charge in [-0.2, -0.15) is 0 Å². The SMILES string of the molecule is O=C1C=CC(O)(CCCCOc2ccccc2)C1=C/C=C/C(O)CCCO. The van der Waals surface area contributed by atoms with Crippen LogP contribution in [0.15, 0.2) is 66.3 Å². The molecule has 27 heavy (non-hydrogen) atoms. The van der Waals surface area contributed by atoms with Crippen LogP contribution in [-0.2, 0) is 4.79 Å². The minimum atomic E-state index is -1.27. The van der Waals surface area contributed by atoms with Crippen LogP contribution in [0.2, 0.25) is 0 Å². The third-order valence-corrected chi connectivity index (χ3v) is 4.46. The summed E-state index contributed by atoms with van der Waals surface area (Å²) in [5.41, 5.74) is -0.957. The van der Waals surface area contributed by atoms with Gasteiger partial charge in [-0.05, 0) is 56.4 Å². The van der Waals surface area contributed by atoms with Crippen LogP contribution in [0.3, 0.4) is 0 Å². The average Bonchev–Trinajstić information content (AvgIpc) is 2.95. The molecule has 1 aliphatic carbocycles. The van der Waals surface area contributed by atoms with Gasteiger partial charge >= 0.3 is 0 Å². The molecule has 0 aromatic heterocycles. The molecule has 5 nitrogen and oxygen atoms in total. The van der Waals surface area contributed by atoms with Gasteiger partial charge in [0.25, 0.3) is 0 Å². The molecule has 3 N–H and O–H groups in total. The Hall–Kier alpha value is -2.21. The molecule has 0 fully saturated rings. The molecule has 2 atom stereocenters. The Kier molecular flexibility index (Phi) is 8.45. The molecule has 2 rings (SSSR count). The Labute approximate surface area is 160 Å². The number of benzene rings is 1. The highest BCUT2D eigenvalue weighted by Gasteiger charge is 2.36. The van der Waals surface area contributed by atoms with Crippen molar-refractivity contribution in [2.45, 2.75) is 43.8 Å². The molecule has 1 aromatic carbocycles. The molecule has 1 aromatic rings. The van der Waals surface area contributed by atoms with E-state index in [4.69, 9.17) is 9.84 Å². The van der Waals surface area contributed by atoms with Crippen molar-refractivity contribution in [3.8, 4) is 5.75 Å². The molecular formula is C22H28O5. The molecule has 0 saturated heterocycles. The van der Waals surface area contributed by atoms with E-state index in [1.54, 1.807) is 18.2 Å². The molecule has 0 bridgehead atoms. The van der Waals surface area contributed by atoms with Gasteiger partial charge in [0.1, 0.15) is 11.4 Å². The summed E-state index contributed by atoms with van der Waals surface area (Å²) in [6.45, 7) is 0.579. The monoisotopic (exact) mass is 372 g/mol. The zero-order chi connectivity index (χ0) is 19.5. The molecule has 0 aliphatic heterocycles. The standard InChI is InChI=1S/C22H28O5/c23-16-7-9-18(24)8-6-12-20-21(25)13-15-22(20,26)14-4-5-17-27-19-10-2-1-3-11-19/h1-3,6,8,10-13,15,18,23-24,26H,4-5,7,9,14,16-17H2/b8-6+,20-12?. The highest BCUT2D eigenvalue weighted by Crippen LogP contribution is 2.31. The highest BCUT2D eigenvalue weighted by atomic mass is 16.5. The van der Waals surface area contributed by atoms with E-state index in [0.29, 0.717) is 37.9 Å². The summed E-state index contributed by atoms with van der Waals surface area (Å²) >= 11 is 0. The maximum atomic E-state index is 12.0. The maximum absolute atomic E-state index is 12.0. The van der Waals surface area contributed by atoms with Gasteiger partial charge in [-0.3, -0.25) is 4.79 Å². The van der Waals surface area contributed by atoms with Gasteiger partial charge in [0, 0.05) is 12.2 Å². The predicted octanol–water partition coefficient (Wildman–Crippen LogP) is 2.72. The quantitative estimate of drug-likeness (QED) is 0.411. The second-order valence-electron chi connectivity index (χ2n) is 6.64. The molecule has 0 radical (unpaired) electrons. The first-order chi connectivity index (χ1) is 13.0. The normalized spacial score (nSPS) is 22.0. The number of aliphatic hydroxyl groups excluding tert-OH is 2. The largest absolute Gasteiger partial charge is 0.494 e. The number of ether oxygens (including phenoxy) is 1. The lowest BCUT2D eigenvalue weighted by molar-refractivity contribution is -0.112. The smallest absolute Gasteiger partial charge is 0.184 e. The van der Waals surface area contributed by atoms with Gasteiger partial charge in [-0.1, -0.05) is 36.4 Å². The molecule has 5 heteroatoms. The molecule has 2 unspecified atom stereocenters. The molecule has 0 saturated carbocycles. The minimum absolute atomic E-state index is 0.0299. The molecule has 0 spiro atoms. The van der Waals surface area contributed by atoms with E-state index in [0.717, 1.165) is 12.2 Å². The summed E-state index contributed by atoms with van der Waals surface area (Å²) in [7, 11) is 0. The summed E-state index contributed by atoms with van der Waals surface area (Å²) in [5.74, 6) is 0.602. The summed E-state index contributed by atoms with van der Waals surface area (Å²) < 4.78 is 5.64. The topological polar surface area (TPSA) is 87.0 Å². The number of carbonyl (C=O) groups excluding carboxylic acids is 1. The Balaban J connectivity index is 1.82. The van der Waals surface area contributed by atoms with Gasteiger partial charge in [-0.25, -0.2) is 0 Å². The number of hydrogen-bond acceptors (Lipinski definition) is 5. The zero-order valence-corrected chi connectivity index (χ0v) is 15.5. The molecule has 1 aliphatic rings. The Morgan fingerprint density at radius 3 is 2.67 bits per heavy atom. The van der Waals surface area contributed by atoms with Crippen LogP contribution >= 0.6 is 0 Å². The van der Waals surface area contributed by atoms with Crippen molar-refractivity contribution in [2.75, 3.05) is 13.2 Å². The predicted molar refractivity (Wildman–Crippen MR) is 104 cm³/mol. The van der Waals surface area contributed by atoms with E-state index in [9.17, 15) is 15.0 Å². The van der Waals surface area contributed by atoms with Crippen molar-refractivity contribution >= 4 is 5.78 Å². The third kappa shape index (κ3) is 6.79. The summed E-state index contributed by atoms with van der Waals surface area (Å²) in [6.07, 6.45) is 9.83. The molecule has 0 amide bonds. The van der Waals surface area contributed by atoms with E-state index in [-0.39, 0.29) is 12.4 Å². The van der Waals surface area contributed by atoms with Crippen molar-refractivity contribution in [1.29, 1.82) is 0 Å². The lowest BCUT2D eigenvalue weighted by Gasteiger charge is -2.22. The highest BCUT2D eigenvalue weighted by molar-refractivity contribution is 6.09. The number of unbranched alkanes of at least 4 members (excludes halogenated alkanes) is 1. The first-order valence-corrected chi connectivity index (χ1v) is 9.37. The number of rotatable bonds is 11. The van der Waals surface area contributed by atoms with E-state index < -0.39 is 11.7 Å². The van der Waals surface area contributed by atoms with Crippen molar-refractivity contribution in [3.63, 3.8) is 0 Å². The summed E-state index contributed by atoms with van der Waals surface area (Å²) in [4.78, 5) is 12.0. The van der Waals surface area contributed by atoms with Crippen molar-refractivity contribution in [1.82, 2.24) is 0 Å². The van der Waals surface area contributed by atoms with Crippen LogP contribution in [0.4, 0.5) is 0 Å². The number of hydrogen-bond donors (Lipinski definition) is 3. The van der Waals surface area contributed by atoms with Crippen LogP contribution < -0.4 is 4.74 Å². The average molecular weight is 372 g/mol. The number of para-hydroxylation sites is 1. The Morgan fingerprint density at radius 2 is 1.93 bits per heavy atom. The third-order valence-electron chi connectivity index (χ3n) is 4.46. The van der Waals surface area contributed by atoms with Crippen LogP contribution in [0.1, 0.15) is 32.1 Å². The van der Waals surface area contributed by atoms with Crippen LogP contribution in [-0.4, -0.2) is 46.0 Å². The van der Waals surface area contributed by atoms with Gasteiger partial charge in [-0.15, -0.1) is 0 Å². The fourth-order valence-corrected chi connectivity index (χ4v) is 2.93. The lowest BCUT2D eigenvalue weighted by atomic mass is 9.90. The molecule has 146 valence electrons. The van der Waals surface area contributed by atoms with Crippen molar-refractivity contribution < 1.29 is 24.9 Å². The van der Waals surface area contributed by atoms with Crippen molar-refractivity contribution in [3.05, 3.63) is 66.3 Å². The van der Waals surface area contributed by atoms with Crippen LogP contribution in [0.25, 0.3) is 0 Å². The number of ketones is 1. The Morgan fingerprint density at radius 1 is 1.15 bits per heavy atom. The van der Waals surface area contributed by atoms with Gasteiger partial charge < -0.3 is 20.1 Å². The molecular weight excluding hydrogens is 344 g/mol. The first kappa shape index (κ1) is 21.1. The second kappa shape index (κ2) is 10.8. The van der Waals surface area contributed by atoms with Gasteiger partial charge in [0.05, 0.1) is 12.7 Å². The van der Waals surface area contributed by atoms with E-state index in [1.807, 2.05) is 30.3 Å². The minimum Gasteiger partial charge on any atom is -0.494 e. The number of carbonyl (C=O) groups is 1. The lowest BCUT2D eigenvalue weighted by Crippen LogP contribution is -2.28.